The second-order valence-corrected chi connectivity index (χ2v) is 5.75. The normalized spacial score (nSPS) is 14.1. The molecule has 2 amide bonds. The molecule has 0 unspecified atom stereocenters. The van der Waals surface area contributed by atoms with Crippen LogP contribution in [0.25, 0.3) is 0 Å². The molecule has 0 saturated carbocycles. The van der Waals surface area contributed by atoms with Crippen LogP contribution in [-0.2, 0) is 14.3 Å². The van der Waals surface area contributed by atoms with Gasteiger partial charge in [0.05, 0.1) is 24.3 Å². The number of hydrogen-bond donors (Lipinski definition) is 1. The number of carbonyl (C=O) groups excluding carboxylic acids is 3. The predicted molar refractivity (Wildman–Crippen MR) is 90.7 cm³/mol. The van der Waals surface area contributed by atoms with Crippen molar-refractivity contribution in [3.05, 3.63) is 29.8 Å². The van der Waals surface area contributed by atoms with Crippen molar-refractivity contribution >= 4 is 23.5 Å². The molecule has 130 valence electrons. The Morgan fingerprint density at radius 3 is 2.50 bits per heavy atom. The molecule has 1 saturated heterocycles. The molecular weight excluding hydrogens is 308 g/mol. The van der Waals surface area contributed by atoms with Gasteiger partial charge in [-0.2, -0.15) is 0 Å². The molecule has 0 aliphatic carbocycles. The van der Waals surface area contributed by atoms with Gasteiger partial charge in [0.1, 0.15) is 0 Å². The average molecular weight is 332 g/mol. The molecule has 0 radical (unpaired) electrons. The van der Waals surface area contributed by atoms with E-state index in [-0.39, 0.29) is 24.7 Å². The Labute approximate surface area is 142 Å². The fourth-order valence-corrected chi connectivity index (χ4v) is 2.71. The molecule has 1 aliphatic rings. The molecular formula is C18H24N2O4. The van der Waals surface area contributed by atoms with E-state index in [0.717, 1.165) is 32.4 Å². The average Bonchev–Trinajstić information content (AvgIpc) is 2.61. The van der Waals surface area contributed by atoms with Crippen molar-refractivity contribution in [1.82, 2.24) is 4.90 Å². The van der Waals surface area contributed by atoms with Gasteiger partial charge in [0.25, 0.3) is 5.91 Å². The Kier molecular flexibility index (Phi) is 6.78. The lowest BCUT2D eigenvalue weighted by molar-refractivity contribution is -0.144. The van der Waals surface area contributed by atoms with Gasteiger partial charge in [-0.1, -0.05) is 12.1 Å². The van der Waals surface area contributed by atoms with E-state index < -0.39 is 5.97 Å². The number of likely N-dealkylation sites (tertiary alicyclic amines) is 1. The Hall–Kier alpha value is -2.37. The van der Waals surface area contributed by atoms with E-state index in [1.165, 1.54) is 0 Å². The zero-order chi connectivity index (χ0) is 17.4. The van der Waals surface area contributed by atoms with Gasteiger partial charge in [0, 0.05) is 19.5 Å². The molecule has 1 aliphatic heterocycles. The summed E-state index contributed by atoms with van der Waals surface area (Å²) < 4.78 is 4.80. The topological polar surface area (TPSA) is 75.7 Å². The minimum atomic E-state index is -0.398. The number of esters is 1. The van der Waals surface area contributed by atoms with Crippen LogP contribution in [0, 0.1) is 0 Å². The summed E-state index contributed by atoms with van der Waals surface area (Å²) in [6.07, 6.45) is 3.24. The SMILES string of the molecule is CCOC(=O)CCC(=O)Nc1ccccc1C(=O)N1CCCCC1. The lowest BCUT2D eigenvalue weighted by Crippen LogP contribution is -2.36. The number of benzene rings is 1. The Balaban J connectivity index is 1.99. The Morgan fingerprint density at radius 2 is 1.79 bits per heavy atom. The molecule has 1 aromatic rings. The fourth-order valence-electron chi connectivity index (χ4n) is 2.71. The van der Waals surface area contributed by atoms with E-state index in [0.29, 0.717) is 17.9 Å². The molecule has 0 atom stereocenters. The number of rotatable bonds is 6. The maximum atomic E-state index is 12.7. The van der Waals surface area contributed by atoms with Gasteiger partial charge in [-0.3, -0.25) is 14.4 Å². The number of anilines is 1. The first-order valence-electron chi connectivity index (χ1n) is 8.45. The summed E-state index contributed by atoms with van der Waals surface area (Å²) in [7, 11) is 0. The van der Waals surface area contributed by atoms with E-state index in [1.807, 2.05) is 4.90 Å². The molecule has 0 aromatic heterocycles. The lowest BCUT2D eigenvalue weighted by atomic mass is 10.1. The van der Waals surface area contributed by atoms with E-state index in [4.69, 9.17) is 4.74 Å². The lowest BCUT2D eigenvalue weighted by Gasteiger charge is -2.27. The molecule has 1 heterocycles. The number of piperidine rings is 1. The highest BCUT2D eigenvalue weighted by Crippen LogP contribution is 2.20. The monoisotopic (exact) mass is 332 g/mol. The van der Waals surface area contributed by atoms with Crippen LogP contribution in [0.5, 0.6) is 0 Å². The quantitative estimate of drug-likeness (QED) is 0.813. The molecule has 6 heteroatoms. The maximum absolute atomic E-state index is 12.7. The van der Waals surface area contributed by atoms with E-state index in [2.05, 4.69) is 5.32 Å². The highest BCUT2D eigenvalue weighted by atomic mass is 16.5. The number of nitrogens with zero attached hydrogens (tertiary/aromatic N) is 1. The van der Waals surface area contributed by atoms with Crippen molar-refractivity contribution < 1.29 is 19.1 Å². The summed E-state index contributed by atoms with van der Waals surface area (Å²) in [4.78, 5) is 37.8. The highest BCUT2D eigenvalue weighted by Gasteiger charge is 2.21. The zero-order valence-electron chi connectivity index (χ0n) is 14.0. The van der Waals surface area contributed by atoms with Crippen molar-refractivity contribution in [2.24, 2.45) is 0 Å². The van der Waals surface area contributed by atoms with Gasteiger partial charge >= 0.3 is 5.97 Å². The van der Waals surface area contributed by atoms with Gasteiger partial charge in [0.15, 0.2) is 0 Å². The van der Waals surface area contributed by atoms with Gasteiger partial charge in [-0.05, 0) is 38.3 Å². The third-order valence-electron chi connectivity index (χ3n) is 3.94. The largest absolute Gasteiger partial charge is 0.466 e. The molecule has 6 nitrogen and oxygen atoms in total. The first-order chi connectivity index (χ1) is 11.6. The van der Waals surface area contributed by atoms with Crippen molar-refractivity contribution in [1.29, 1.82) is 0 Å². The fraction of sp³-hybridized carbons (Fsp3) is 0.500. The molecule has 0 spiro atoms. The number of nitrogens with one attached hydrogen (secondary N) is 1. The van der Waals surface area contributed by atoms with Crippen molar-refractivity contribution in [2.75, 3.05) is 25.0 Å². The maximum Gasteiger partial charge on any atom is 0.306 e. The van der Waals surface area contributed by atoms with Crippen LogP contribution in [0.3, 0.4) is 0 Å². The number of carbonyl (C=O) groups is 3. The van der Waals surface area contributed by atoms with Gasteiger partial charge in [-0.25, -0.2) is 0 Å². The van der Waals surface area contributed by atoms with Crippen LogP contribution < -0.4 is 5.32 Å². The second-order valence-electron chi connectivity index (χ2n) is 5.75. The molecule has 0 bridgehead atoms. The smallest absolute Gasteiger partial charge is 0.306 e. The van der Waals surface area contributed by atoms with E-state index in [9.17, 15) is 14.4 Å². The molecule has 2 rings (SSSR count). The first-order valence-corrected chi connectivity index (χ1v) is 8.45. The van der Waals surface area contributed by atoms with Gasteiger partial charge in [0.2, 0.25) is 5.91 Å². The van der Waals surface area contributed by atoms with Gasteiger partial charge < -0.3 is 15.0 Å². The van der Waals surface area contributed by atoms with Crippen LogP contribution in [0.4, 0.5) is 5.69 Å². The van der Waals surface area contributed by atoms with Crippen molar-refractivity contribution in [2.45, 2.75) is 39.0 Å². The molecule has 1 aromatic carbocycles. The summed E-state index contributed by atoms with van der Waals surface area (Å²) in [5, 5.41) is 2.73. The van der Waals surface area contributed by atoms with Crippen molar-refractivity contribution in [3.8, 4) is 0 Å². The third kappa shape index (κ3) is 5.08. The zero-order valence-corrected chi connectivity index (χ0v) is 14.0. The van der Waals surface area contributed by atoms with Crippen LogP contribution in [0.1, 0.15) is 49.4 Å². The standard InChI is InChI=1S/C18H24N2O4/c1-2-24-17(22)11-10-16(21)19-15-9-5-4-8-14(15)18(23)20-12-6-3-7-13-20/h4-5,8-9H,2-3,6-7,10-13H2,1H3,(H,19,21). The Morgan fingerprint density at radius 1 is 1.08 bits per heavy atom. The molecule has 24 heavy (non-hydrogen) atoms. The predicted octanol–water partition coefficient (Wildman–Crippen LogP) is 2.59. The summed E-state index contributed by atoms with van der Waals surface area (Å²) in [5.41, 5.74) is 0.978. The highest BCUT2D eigenvalue weighted by molar-refractivity contribution is 6.04. The third-order valence-corrected chi connectivity index (χ3v) is 3.94. The van der Waals surface area contributed by atoms with Crippen LogP contribution in [0.15, 0.2) is 24.3 Å². The number of hydrogen-bond acceptors (Lipinski definition) is 4. The van der Waals surface area contributed by atoms with Crippen molar-refractivity contribution in [3.63, 3.8) is 0 Å². The number of ether oxygens (including phenoxy) is 1. The van der Waals surface area contributed by atoms with Crippen LogP contribution >= 0.6 is 0 Å². The summed E-state index contributed by atoms with van der Waals surface area (Å²) >= 11 is 0. The van der Waals surface area contributed by atoms with E-state index >= 15 is 0 Å². The minimum absolute atomic E-state index is 0.0297. The molecule has 1 fully saturated rings. The minimum Gasteiger partial charge on any atom is -0.466 e. The summed E-state index contributed by atoms with van der Waals surface area (Å²) in [5.74, 6) is -0.761. The number of amides is 2. The summed E-state index contributed by atoms with van der Waals surface area (Å²) in [6.45, 7) is 3.53. The second kappa shape index (κ2) is 9.05. The summed E-state index contributed by atoms with van der Waals surface area (Å²) in [6, 6.07) is 6.98. The number of para-hydroxylation sites is 1. The molecule has 1 N–H and O–H groups in total. The Bertz CT molecular complexity index is 594. The van der Waals surface area contributed by atoms with E-state index in [1.54, 1.807) is 31.2 Å². The van der Waals surface area contributed by atoms with Crippen LogP contribution in [-0.4, -0.2) is 42.4 Å². The van der Waals surface area contributed by atoms with Crippen LogP contribution in [0.2, 0.25) is 0 Å². The van der Waals surface area contributed by atoms with Gasteiger partial charge in [-0.15, -0.1) is 0 Å². The first kappa shape index (κ1) is 18.0.